The maximum atomic E-state index is 6.07. The van der Waals surface area contributed by atoms with Crippen molar-refractivity contribution in [1.82, 2.24) is 9.97 Å². The summed E-state index contributed by atoms with van der Waals surface area (Å²) in [4.78, 5) is 8.34. The molecular formula is C14H12ClN3. The van der Waals surface area contributed by atoms with Gasteiger partial charge in [-0.1, -0.05) is 23.4 Å². The van der Waals surface area contributed by atoms with Crippen molar-refractivity contribution >= 4 is 11.6 Å². The van der Waals surface area contributed by atoms with Crippen molar-refractivity contribution in [1.29, 1.82) is 0 Å². The molecule has 0 unspecified atom stereocenters. The van der Waals surface area contributed by atoms with Gasteiger partial charge in [0, 0.05) is 24.5 Å². The summed E-state index contributed by atoms with van der Waals surface area (Å²) >= 11 is 6.07. The van der Waals surface area contributed by atoms with E-state index in [-0.39, 0.29) is 0 Å². The van der Waals surface area contributed by atoms with Crippen LogP contribution in [0.2, 0.25) is 5.02 Å². The number of nitrogens with zero attached hydrogens (tertiary/aromatic N) is 2. The third-order valence-electron chi connectivity index (χ3n) is 2.46. The molecule has 0 saturated carbocycles. The van der Waals surface area contributed by atoms with Crippen LogP contribution in [-0.4, -0.2) is 9.97 Å². The van der Waals surface area contributed by atoms with Gasteiger partial charge in [0.15, 0.2) is 0 Å². The molecule has 0 radical (unpaired) electrons. The van der Waals surface area contributed by atoms with E-state index in [0.29, 0.717) is 11.6 Å². The molecular weight excluding hydrogens is 246 g/mol. The average molecular weight is 258 g/mol. The Hall–Kier alpha value is -1.89. The van der Waals surface area contributed by atoms with Crippen LogP contribution in [-0.2, 0) is 6.54 Å². The molecule has 0 fully saturated rings. The minimum Gasteiger partial charge on any atom is -0.325 e. The van der Waals surface area contributed by atoms with Gasteiger partial charge in [0.05, 0.1) is 22.0 Å². The van der Waals surface area contributed by atoms with Crippen molar-refractivity contribution in [3.8, 4) is 11.8 Å². The van der Waals surface area contributed by atoms with E-state index in [4.69, 9.17) is 17.3 Å². The fraction of sp³-hybridized carbons (Fsp3) is 0.143. The Morgan fingerprint density at radius 2 is 2.06 bits per heavy atom. The Kier molecular flexibility index (Phi) is 3.93. The van der Waals surface area contributed by atoms with Crippen molar-refractivity contribution in [3.63, 3.8) is 0 Å². The van der Waals surface area contributed by atoms with Crippen LogP contribution >= 0.6 is 11.6 Å². The molecule has 0 aliphatic rings. The second-order valence-corrected chi connectivity index (χ2v) is 4.15. The minimum atomic E-state index is 0.432. The summed E-state index contributed by atoms with van der Waals surface area (Å²) in [6.45, 7) is 2.31. The second-order valence-electron chi connectivity index (χ2n) is 3.75. The number of rotatable bonds is 1. The molecule has 0 aliphatic heterocycles. The summed E-state index contributed by atoms with van der Waals surface area (Å²) in [7, 11) is 0. The zero-order chi connectivity index (χ0) is 13.0. The zero-order valence-electron chi connectivity index (χ0n) is 9.94. The van der Waals surface area contributed by atoms with Crippen LogP contribution in [0.4, 0.5) is 0 Å². The molecule has 0 amide bonds. The molecule has 0 spiro atoms. The molecule has 2 aromatic heterocycles. The molecule has 4 heteroatoms. The lowest BCUT2D eigenvalue weighted by Crippen LogP contribution is -1.98. The highest BCUT2D eigenvalue weighted by molar-refractivity contribution is 6.31. The van der Waals surface area contributed by atoms with E-state index in [0.717, 1.165) is 22.5 Å². The molecule has 0 aliphatic carbocycles. The van der Waals surface area contributed by atoms with E-state index < -0.39 is 0 Å². The third kappa shape index (κ3) is 2.86. The Balaban J connectivity index is 2.31. The average Bonchev–Trinajstić information content (AvgIpc) is 2.39. The van der Waals surface area contributed by atoms with Gasteiger partial charge in [-0.05, 0) is 25.1 Å². The maximum Gasteiger partial charge on any atom is 0.0648 e. The number of hydrogen-bond donors (Lipinski definition) is 1. The summed E-state index contributed by atoms with van der Waals surface area (Å²) < 4.78 is 0. The first-order chi connectivity index (χ1) is 8.70. The van der Waals surface area contributed by atoms with Gasteiger partial charge in [0.2, 0.25) is 0 Å². The quantitative estimate of drug-likeness (QED) is 0.798. The number of hydrogen-bond acceptors (Lipinski definition) is 3. The Morgan fingerprint density at radius 1 is 1.22 bits per heavy atom. The lowest BCUT2D eigenvalue weighted by molar-refractivity contribution is 0.989. The number of aryl methyl sites for hydroxylation is 1. The number of pyridine rings is 2. The second kappa shape index (κ2) is 5.63. The molecule has 2 aromatic rings. The van der Waals surface area contributed by atoms with Gasteiger partial charge in [0.25, 0.3) is 0 Å². The standard InChI is InChI=1S/C14H12ClN3/c1-10-13(14(15)6-7-17-10)5-3-11-2-4-12(8-16)18-9-11/h2,4,6-7,9H,8,16H2,1H3. The lowest BCUT2D eigenvalue weighted by Gasteiger charge is -1.98. The zero-order valence-corrected chi connectivity index (χ0v) is 10.7. The van der Waals surface area contributed by atoms with E-state index in [1.807, 2.05) is 19.1 Å². The fourth-order valence-corrected chi connectivity index (χ4v) is 1.68. The Bertz CT molecular complexity index is 589. The summed E-state index contributed by atoms with van der Waals surface area (Å²) in [5.41, 5.74) is 8.72. The van der Waals surface area contributed by atoms with Crippen LogP contribution in [0.5, 0.6) is 0 Å². The molecule has 2 heterocycles. The predicted molar refractivity (Wildman–Crippen MR) is 72.1 cm³/mol. The molecule has 2 N–H and O–H groups in total. The predicted octanol–water partition coefficient (Wildman–Crippen LogP) is 2.30. The Morgan fingerprint density at radius 3 is 2.67 bits per heavy atom. The summed E-state index contributed by atoms with van der Waals surface area (Å²) in [5, 5.41) is 0.613. The van der Waals surface area contributed by atoms with E-state index >= 15 is 0 Å². The van der Waals surface area contributed by atoms with Crippen molar-refractivity contribution < 1.29 is 0 Å². The highest BCUT2D eigenvalue weighted by Crippen LogP contribution is 2.16. The van der Waals surface area contributed by atoms with E-state index in [9.17, 15) is 0 Å². The molecule has 0 saturated heterocycles. The largest absolute Gasteiger partial charge is 0.325 e. The van der Waals surface area contributed by atoms with Crippen LogP contribution < -0.4 is 5.73 Å². The molecule has 18 heavy (non-hydrogen) atoms. The SMILES string of the molecule is Cc1nccc(Cl)c1C#Cc1ccc(CN)nc1. The fourth-order valence-electron chi connectivity index (χ4n) is 1.44. The van der Waals surface area contributed by atoms with Crippen LogP contribution in [0.25, 0.3) is 0 Å². The van der Waals surface area contributed by atoms with Crippen LogP contribution in [0.1, 0.15) is 22.5 Å². The monoisotopic (exact) mass is 257 g/mol. The van der Waals surface area contributed by atoms with Gasteiger partial charge in [0.1, 0.15) is 0 Å². The van der Waals surface area contributed by atoms with Crippen LogP contribution in [0.3, 0.4) is 0 Å². The number of nitrogens with two attached hydrogens (primary N) is 1. The first-order valence-corrected chi connectivity index (χ1v) is 5.86. The van der Waals surface area contributed by atoms with E-state index in [2.05, 4.69) is 21.8 Å². The molecule has 0 bridgehead atoms. The van der Waals surface area contributed by atoms with Gasteiger partial charge in [-0.25, -0.2) is 0 Å². The molecule has 90 valence electrons. The number of halogens is 1. The van der Waals surface area contributed by atoms with Crippen molar-refractivity contribution in [2.45, 2.75) is 13.5 Å². The third-order valence-corrected chi connectivity index (χ3v) is 2.77. The van der Waals surface area contributed by atoms with Gasteiger partial charge < -0.3 is 5.73 Å². The molecule has 0 aromatic carbocycles. The molecule has 3 nitrogen and oxygen atoms in total. The first kappa shape index (κ1) is 12.6. The van der Waals surface area contributed by atoms with E-state index in [1.54, 1.807) is 18.5 Å². The van der Waals surface area contributed by atoms with Crippen LogP contribution in [0.15, 0.2) is 30.6 Å². The highest BCUT2D eigenvalue weighted by Gasteiger charge is 2.00. The molecule has 2 rings (SSSR count). The molecule has 0 atom stereocenters. The highest BCUT2D eigenvalue weighted by atomic mass is 35.5. The number of aromatic nitrogens is 2. The smallest absolute Gasteiger partial charge is 0.0648 e. The normalized spacial score (nSPS) is 9.72. The van der Waals surface area contributed by atoms with Crippen molar-refractivity contribution in [2.24, 2.45) is 5.73 Å². The summed E-state index contributed by atoms with van der Waals surface area (Å²) in [6.07, 6.45) is 3.37. The summed E-state index contributed by atoms with van der Waals surface area (Å²) in [6, 6.07) is 5.48. The van der Waals surface area contributed by atoms with Crippen LogP contribution in [0, 0.1) is 18.8 Å². The van der Waals surface area contributed by atoms with E-state index in [1.165, 1.54) is 0 Å². The van der Waals surface area contributed by atoms with Crippen molar-refractivity contribution in [3.05, 3.63) is 58.1 Å². The topological polar surface area (TPSA) is 51.8 Å². The van der Waals surface area contributed by atoms with Gasteiger partial charge in [-0.15, -0.1) is 0 Å². The minimum absolute atomic E-state index is 0.432. The summed E-state index contributed by atoms with van der Waals surface area (Å²) in [5.74, 6) is 6.04. The lowest BCUT2D eigenvalue weighted by atomic mass is 10.2. The maximum absolute atomic E-state index is 6.07. The van der Waals surface area contributed by atoms with Crippen molar-refractivity contribution in [2.75, 3.05) is 0 Å². The first-order valence-electron chi connectivity index (χ1n) is 5.49. The van der Waals surface area contributed by atoms with Gasteiger partial charge in [-0.3, -0.25) is 9.97 Å². The Labute approximate surface area is 111 Å². The van der Waals surface area contributed by atoms with Gasteiger partial charge in [-0.2, -0.15) is 0 Å². The van der Waals surface area contributed by atoms with Gasteiger partial charge >= 0.3 is 0 Å².